The summed E-state index contributed by atoms with van der Waals surface area (Å²) in [4.78, 5) is 23.2. The SMILES string of the molecule is CCOC(=O)CCCNC(=O)c1ccc(-c2ccccc2Cl)o1. The highest BCUT2D eigenvalue weighted by atomic mass is 35.5. The Hall–Kier alpha value is -2.27. The molecule has 23 heavy (non-hydrogen) atoms. The minimum Gasteiger partial charge on any atom is -0.466 e. The number of amides is 1. The topological polar surface area (TPSA) is 68.5 Å². The molecule has 0 saturated heterocycles. The summed E-state index contributed by atoms with van der Waals surface area (Å²) < 4.78 is 10.4. The summed E-state index contributed by atoms with van der Waals surface area (Å²) in [7, 11) is 0. The van der Waals surface area contributed by atoms with Crippen LogP contribution < -0.4 is 5.32 Å². The van der Waals surface area contributed by atoms with Crippen molar-refractivity contribution in [1.82, 2.24) is 5.32 Å². The number of hydrogen-bond acceptors (Lipinski definition) is 4. The Morgan fingerprint density at radius 3 is 2.74 bits per heavy atom. The zero-order valence-electron chi connectivity index (χ0n) is 12.8. The maximum Gasteiger partial charge on any atom is 0.305 e. The third kappa shape index (κ3) is 4.86. The Balaban J connectivity index is 1.87. The molecule has 0 aliphatic rings. The number of esters is 1. The van der Waals surface area contributed by atoms with Crippen LogP contribution in [0.5, 0.6) is 0 Å². The van der Waals surface area contributed by atoms with Gasteiger partial charge < -0.3 is 14.5 Å². The lowest BCUT2D eigenvalue weighted by Gasteiger charge is -2.04. The van der Waals surface area contributed by atoms with Gasteiger partial charge in [-0.25, -0.2) is 0 Å². The van der Waals surface area contributed by atoms with E-state index in [1.54, 1.807) is 25.1 Å². The average molecular weight is 336 g/mol. The zero-order chi connectivity index (χ0) is 16.7. The fourth-order valence-electron chi connectivity index (χ4n) is 2.02. The molecule has 0 aliphatic heterocycles. The van der Waals surface area contributed by atoms with E-state index in [1.807, 2.05) is 18.2 Å². The molecule has 0 unspecified atom stereocenters. The van der Waals surface area contributed by atoms with E-state index >= 15 is 0 Å². The molecule has 122 valence electrons. The second-order valence-electron chi connectivity index (χ2n) is 4.81. The van der Waals surface area contributed by atoms with Crippen molar-refractivity contribution in [2.45, 2.75) is 19.8 Å². The molecule has 1 amide bonds. The van der Waals surface area contributed by atoms with E-state index in [1.165, 1.54) is 0 Å². The Labute approximate surface area is 139 Å². The molecule has 0 aliphatic carbocycles. The Kier molecular flexibility index (Phi) is 6.23. The first kappa shape index (κ1) is 17.1. The molecular weight excluding hydrogens is 318 g/mol. The van der Waals surface area contributed by atoms with Crippen LogP contribution >= 0.6 is 11.6 Å². The van der Waals surface area contributed by atoms with Gasteiger partial charge in [-0.3, -0.25) is 9.59 Å². The molecule has 0 saturated carbocycles. The maximum absolute atomic E-state index is 12.0. The van der Waals surface area contributed by atoms with Crippen LogP contribution in [0, 0.1) is 0 Å². The fourth-order valence-corrected chi connectivity index (χ4v) is 2.25. The highest BCUT2D eigenvalue weighted by Gasteiger charge is 2.13. The summed E-state index contributed by atoms with van der Waals surface area (Å²) in [5.74, 6) is 0.149. The van der Waals surface area contributed by atoms with Crippen molar-refractivity contribution in [1.29, 1.82) is 0 Å². The van der Waals surface area contributed by atoms with E-state index < -0.39 is 0 Å². The number of furan rings is 1. The van der Waals surface area contributed by atoms with Crippen LogP contribution in [0.2, 0.25) is 5.02 Å². The van der Waals surface area contributed by atoms with Gasteiger partial charge in [0.25, 0.3) is 5.91 Å². The first-order valence-corrected chi connectivity index (χ1v) is 7.78. The molecule has 1 heterocycles. The first-order valence-electron chi connectivity index (χ1n) is 7.40. The van der Waals surface area contributed by atoms with Crippen LogP contribution in [0.3, 0.4) is 0 Å². The van der Waals surface area contributed by atoms with Gasteiger partial charge in [0.1, 0.15) is 5.76 Å². The van der Waals surface area contributed by atoms with Crippen molar-refractivity contribution < 1.29 is 18.7 Å². The average Bonchev–Trinajstić information content (AvgIpc) is 3.02. The molecule has 0 bridgehead atoms. The summed E-state index contributed by atoms with van der Waals surface area (Å²) in [5.41, 5.74) is 0.732. The fraction of sp³-hybridized carbons (Fsp3) is 0.294. The number of carbonyl (C=O) groups is 2. The lowest BCUT2D eigenvalue weighted by Crippen LogP contribution is -2.24. The Morgan fingerprint density at radius 1 is 1.22 bits per heavy atom. The molecule has 2 aromatic rings. The molecular formula is C17H18ClNO4. The quantitative estimate of drug-likeness (QED) is 0.619. The third-order valence-electron chi connectivity index (χ3n) is 3.12. The van der Waals surface area contributed by atoms with E-state index in [0.29, 0.717) is 30.4 Å². The summed E-state index contributed by atoms with van der Waals surface area (Å²) in [5, 5.41) is 3.26. The van der Waals surface area contributed by atoms with Crippen LogP contribution in [-0.4, -0.2) is 25.0 Å². The number of rotatable bonds is 7. The summed E-state index contributed by atoms with van der Waals surface area (Å²) in [6.45, 7) is 2.50. The minimum atomic E-state index is -0.327. The van der Waals surface area contributed by atoms with Crippen molar-refractivity contribution in [2.24, 2.45) is 0 Å². The van der Waals surface area contributed by atoms with Gasteiger partial charge in [-0.15, -0.1) is 0 Å². The predicted octanol–water partition coefficient (Wildman–Crippen LogP) is 3.67. The van der Waals surface area contributed by atoms with Crippen LogP contribution in [0.25, 0.3) is 11.3 Å². The second-order valence-corrected chi connectivity index (χ2v) is 5.22. The molecule has 0 radical (unpaired) electrons. The number of ether oxygens (including phenoxy) is 1. The molecule has 1 aromatic heterocycles. The molecule has 0 spiro atoms. The zero-order valence-corrected chi connectivity index (χ0v) is 13.6. The van der Waals surface area contributed by atoms with Gasteiger partial charge in [0.2, 0.25) is 0 Å². The summed E-state index contributed by atoms with van der Waals surface area (Å²) >= 11 is 6.10. The van der Waals surface area contributed by atoms with Gasteiger partial charge in [0.15, 0.2) is 5.76 Å². The normalized spacial score (nSPS) is 10.3. The number of nitrogens with one attached hydrogen (secondary N) is 1. The van der Waals surface area contributed by atoms with E-state index in [0.717, 1.165) is 5.56 Å². The molecule has 1 aromatic carbocycles. The lowest BCUT2D eigenvalue weighted by molar-refractivity contribution is -0.143. The highest BCUT2D eigenvalue weighted by molar-refractivity contribution is 6.33. The van der Waals surface area contributed by atoms with Gasteiger partial charge in [-0.1, -0.05) is 23.7 Å². The lowest BCUT2D eigenvalue weighted by atomic mass is 10.2. The monoisotopic (exact) mass is 335 g/mol. The predicted molar refractivity (Wildman–Crippen MR) is 87.4 cm³/mol. The third-order valence-corrected chi connectivity index (χ3v) is 3.45. The van der Waals surface area contributed by atoms with Crippen molar-refractivity contribution in [3.63, 3.8) is 0 Å². The largest absolute Gasteiger partial charge is 0.466 e. The first-order chi connectivity index (χ1) is 11.1. The van der Waals surface area contributed by atoms with Crippen LogP contribution in [-0.2, 0) is 9.53 Å². The van der Waals surface area contributed by atoms with Gasteiger partial charge in [-0.05, 0) is 37.6 Å². The van der Waals surface area contributed by atoms with Crippen molar-refractivity contribution >= 4 is 23.5 Å². The van der Waals surface area contributed by atoms with E-state index in [4.69, 9.17) is 20.8 Å². The molecule has 1 N–H and O–H groups in total. The van der Waals surface area contributed by atoms with Gasteiger partial charge in [0, 0.05) is 18.5 Å². The molecule has 6 heteroatoms. The van der Waals surface area contributed by atoms with Gasteiger partial charge in [0.05, 0.1) is 11.6 Å². The smallest absolute Gasteiger partial charge is 0.305 e. The van der Waals surface area contributed by atoms with Crippen LogP contribution in [0.1, 0.15) is 30.3 Å². The van der Waals surface area contributed by atoms with Gasteiger partial charge in [-0.2, -0.15) is 0 Å². The minimum absolute atomic E-state index is 0.205. The molecule has 0 atom stereocenters. The van der Waals surface area contributed by atoms with Crippen LogP contribution in [0.15, 0.2) is 40.8 Å². The number of carbonyl (C=O) groups excluding carboxylic acids is 2. The summed E-state index contributed by atoms with van der Waals surface area (Å²) in [6.07, 6.45) is 0.791. The summed E-state index contributed by atoms with van der Waals surface area (Å²) in [6, 6.07) is 10.6. The second kappa shape index (κ2) is 8.39. The highest BCUT2D eigenvalue weighted by Crippen LogP contribution is 2.28. The molecule has 2 rings (SSSR count). The molecule has 0 fully saturated rings. The Bertz CT molecular complexity index is 681. The van der Waals surface area contributed by atoms with E-state index in [2.05, 4.69) is 5.32 Å². The maximum atomic E-state index is 12.0. The Morgan fingerprint density at radius 2 is 2.00 bits per heavy atom. The van der Waals surface area contributed by atoms with E-state index in [-0.39, 0.29) is 24.1 Å². The van der Waals surface area contributed by atoms with Crippen molar-refractivity contribution in [2.75, 3.05) is 13.2 Å². The number of halogens is 1. The molecule has 5 nitrogen and oxygen atoms in total. The van der Waals surface area contributed by atoms with Gasteiger partial charge >= 0.3 is 5.97 Å². The standard InChI is InChI=1S/C17H18ClNO4/c1-2-22-16(20)8-5-11-19-17(21)15-10-9-14(23-15)12-6-3-4-7-13(12)18/h3-4,6-7,9-10H,2,5,8,11H2,1H3,(H,19,21). The van der Waals surface area contributed by atoms with Crippen molar-refractivity contribution in [3.05, 3.63) is 47.2 Å². The van der Waals surface area contributed by atoms with Crippen LogP contribution in [0.4, 0.5) is 0 Å². The number of hydrogen-bond donors (Lipinski definition) is 1. The van der Waals surface area contributed by atoms with Crippen molar-refractivity contribution in [3.8, 4) is 11.3 Å². The number of benzene rings is 1. The van der Waals surface area contributed by atoms with E-state index in [9.17, 15) is 9.59 Å².